The van der Waals surface area contributed by atoms with Crippen LogP contribution in [0.5, 0.6) is 0 Å². The summed E-state index contributed by atoms with van der Waals surface area (Å²) in [6.07, 6.45) is 3.98. The normalized spacial score (nSPS) is 18.5. The van der Waals surface area contributed by atoms with Crippen molar-refractivity contribution in [2.45, 2.75) is 39.0 Å². The zero-order valence-electron chi connectivity index (χ0n) is 17.5. The molecule has 0 saturated heterocycles. The molecule has 0 aromatic carbocycles. The second-order valence-corrected chi connectivity index (χ2v) is 7.67. The summed E-state index contributed by atoms with van der Waals surface area (Å²) in [7, 11) is 1.79. The number of aromatic nitrogens is 5. The second kappa shape index (κ2) is 8.38. The summed E-state index contributed by atoms with van der Waals surface area (Å²) in [6.45, 7) is 3.83. The SMILES string of the molecule is CC[C@@H](O)c1cc(C)c(Nc2cn(C)nc2-c2cc(NC(=O)[C@H]3C[C@H]3F)ncn2)cn1. The Kier molecular flexibility index (Phi) is 5.64. The highest BCUT2D eigenvalue weighted by molar-refractivity contribution is 5.94. The number of nitrogens with zero attached hydrogens (tertiary/aromatic N) is 5. The van der Waals surface area contributed by atoms with Crippen LogP contribution in [-0.4, -0.2) is 41.9 Å². The lowest BCUT2D eigenvalue weighted by molar-refractivity contribution is -0.117. The molecule has 10 heteroatoms. The number of anilines is 3. The first-order valence-electron chi connectivity index (χ1n) is 10.1. The summed E-state index contributed by atoms with van der Waals surface area (Å²) < 4.78 is 14.8. The maximum atomic E-state index is 13.1. The first-order valence-corrected chi connectivity index (χ1v) is 10.1. The molecule has 1 aliphatic rings. The van der Waals surface area contributed by atoms with Gasteiger partial charge in [0.15, 0.2) is 0 Å². The number of aryl methyl sites for hydroxylation is 2. The maximum absolute atomic E-state index is 13.1. The number of aliphatic hydroxyl groups is 1. The van der Waals surface area contributed by atoms with Crippen LogP contribution >= 0.6 is 0 Å². The molecule has 1 amide bonds. The monoisotopic (exact) mass is 425 g/mol. The van der Waals surface area contributed by atoms with Crippen LogP contribution in [0.1, 0.15) is 37.1 Å². The molecule has 31 heavy (non-hydrogen) atoms. The van der Waals surface area contributed by atoms with Crippen LogP contribution in [0.2, 0.25) is 0 Å². The highest BCUT2D eigenvalue weighted by atomic mass is 19.1. The van der Waals surface area contributed by atoms with E-state index < -0.39 is 18.2 Å². The number of amides is 1. The fraction of sp³-hybridized carbons (Fsp3) is 0.381. The number of hydrogen-bond donors (Lipinski definition) is 3. The lowest BCUT2D eigenvalue weighted by atomic mass is 10.1. The van der Waals surface area contributed by atoms with Crippen LogP contribution < -0.4 is 10.6 Å². The number of nitrogens with one attached hydrogen (secondary N) is 2. The van der Waals surface area contributed by atoms with E-state index in [0.29, 0.717) is 35.0 Å². The van der Waals surface area contributed by atoms with Crippen LogP contribution in [0.15, 0.2) is 30.9 Å². The van der Waals surface area contributed by atoms with Crippen molar-refractivity contribution in [2.24, 2.45) is 13.0 Å². The Morgan fingerprint density at radius 2 is 2.10 bits per heavy atom. The topological polar surface area (TPSA) is 118 Å². The average Bonchev–Trinajstić information content (AvgIpc) is 3.38. The first kappa shape index (κ1) is 20.9. The molecule has 3 atom stereocenters. The minimum atomic E-state index is -1.07. The van der Waals surface area contributed by atoms with E-state index >= 15 is 0 Å². The molecule has 162 valence electrons. The Hall–Kier alpha value is -3.40. The summed E-state index contributed by atoms with van der Waals surface area (Å²) in [4.78, 5) is 24.7. The van der Waals surface area contributed by atoms with Gasteiger partial charge in [-0.2, -0.15) is 5.10 Å². The number of alkyl halides is 1. The highest BCUT2D eigenvalue weighted by Gasteiger charge is 2.43. The Morgan fingerprint density at radius 1 is 1.32 bits per heavy atom. The Morgan fingerprint density at radius 3 is 2.77 bits per heavy atom. The van der Waals surface area contributed by atoms with E-state index in [1.807, 2.05) is 26.1 Å². The molecule has 0 bridgehead atoms. The second-order valence-electron chi connectivity index (χ2n) is 7.67. The molecular weight excluding hydrogens is 401 g/mol. The van der Waals surface area contributed by atoms with Gasteiger partial charge in [0.2, 0.25) is 5.91 Å². The summed E-state index contributed by atoms with van der Waals surface area (Å²) in [5.41, 5.74) is 4.08. The zero-order valence-corrected chi connectivity index (χ0v) is 17.5. The lowest BCUT2D eigenvalue weighted by Crippen LogP contribution is -2.16. The van der Waals surface area contributed by atoms with Crippen LogP contribution in [0, 0.1) is 12.8 Å². The number of rotatable bonds is 7. The van der Waals surface area contributed by atoms with Gasteiger partial charge in [-0.15, -0.1) is 0 Å². The zero-order chi connectivity index (χ0) is 22.1. The van der Waals surface area contributed by atoms with Crippen molar-refractivity contribution >= 4 is 23.1 Å². The van der Waals surface area contributed by atoms with Crippen molar-refractivity contribution < 1.29 is 14.3 Å². The van der Waals surface area contributed by atoms with Gasteiger partial charge < -0.3 is 15.7 Å². The minimum absolute atomic E-state index is 0.250. The van der Waals surface area contributed by atoms with E-state index in [4.69, 9.17) is 0 Å². The van der Waals surface area contributed by atoms with Crippen molar-refractivity contribution in [3.8, 4) is 11.4 Å². The molecule has 0 aliphatic heterocycles. The van der Waals surface area contributed by atoms with Crippen LogP contribution in [-0.2, 0) is 11.8 Å². The van der Waals surface area contributed by atoms with Crippen LogP contribution in [0.25, 0.3) is 11.4 Å². The van der Waals surface area contributed by atoms with E-state index in [2.05, 4.69) is 30.7 Å². The molecule has 3 heterocycles. The van der Waals surface area contributed by atoms with Gasteiger partial charge in [-0.3, -0.25) is 14.5 Å². The number of pyridine rings is 1. The summed E-state index contributed by atoms with van der Waals surface area (Å²) in [5.74, 6) is -0.691. The fourth-order valence-corrected chi connectivity index (χ4v) is 3.22. The Labute approximate surface area is 178 Å². The molecule has 3 aromatic heterocycles. The molecule has 4 rings (SSSR count). The molecule has 0 unspecified atom stereocenters. The van der Waals surface area contributed by atoms with Gasteiger partial charge in [0.1, 0.15) is 24.0 Å². The van der Waals surface area contributed by atoms with Gasteiger partial charge in [0, 0.05) is 19.3 Å². The largest absolute Gasteiger partial charge is 0.387 e. The minimum Gasteiger partial charge on any atom is -0.387 e. The van der Waals surface area contributed by atoms with Gasteiger partial charge in [0.05, 0.1) is 41.0 Å². The number of halogens is 1. The number of aliphatic hydroxyl groups excluding tert-OH is 1. The predicted molar refractivity (Wildman–Crippen MR) is 113 cm³/mol. The Balaban J connectivity index is 1.58. The van der Waals surface area contributed by atoms with Crippen molar-refractivity contribution in [3.05, 3.63) is 42.1 Å². The molecule has 1 fully saturated rings. The van der Waals surface area contributed by atoms with Gasteiger partial charge in [-0.25, -0.2) is 14.4 Å². The van der Waals surface area contributed by atoms with E-state index in [0.717, 1.165) is 11.3 Å². The molecule has 3 N–H and O–H groups in total. The lowest BCUT2D eigenvalue weighted by Gasteiger charge is -2.13. The molecule has 1 aliphatic carbocycles. The quantitative estimate of drug-likeness (QED) is 0.532. The summed E-state index contributed by atoms with van der Waals surface area (Å²) in [6, 6.07) is 3.45. The van der Waals surface area contributed by atoms with E-state index in [1.165, 1.54) is 6.33 Å². The standard InChI is InChI=1S/C21H24FN7O2/c1-4-18(30)14-5-11(2)16(8-23-14)26-17-9-29(3)28-20(17)15-7-19(25-10-24-15)27-21(31)12-6-13(12)22/h5,7-10,12-13,18,26,30H,4,6H2,1-3H3,(H,24,25,27,31)/t12-,13+,18+/m0/s1. The van der Waals surface area contributed by atoms with Gasteiger partial charge >= 0.3 is 0 Å². The maximum Gasteiger partial charge on any atom is 0.231 e. The van der Waals surface area contributed by atoms with Gasteiger partial charge in [-0.1, -0.05) is 6.92 Å². The Bertz CT molecular complexity index is 1120. The van der Waals surface area contributed by atoms with E-state index in [-0.39, 0.29) is 12.3 Å². The highest BCUT2D eigenvalue weighted by Crippen LogP contribution is 2.35. The smallest absolute Gasteiger partial charge is 0.231 e. The van der Waals surface area contributed by atoms with Crippen LogP contribution in [0.4, 0.5) is 21.6 Å². The average molecular weight is 425 g/mol. The molecule has 9 nitrogen and oxygen atoms in total. The molecule has 0 spiro atoms. The predicted octanol–water partition coefficient (Wildman–Crippen LogP) is 3.06. The third-order valence-corrected chi connectivity index (χ3v) is 5.17. The van der Waals surface area contributed by atoms with Crippen molar-refractivity contribution in [2.75, 3.05) is 10.6 Å². The van der Waals surface area contributed by atoms with E-state index in [1.54, 1.807) is 24.0 Å². The molecule has 0 radical (unpaired) electrons. The van der Waals surface area contributed by atoms with Crippen molar-refractivity contribution in [1.29, 1.82) is 0 Å². The van der Waals surface area contributed by atoms with Crippen molar-refractivity contribution in [3.63, 3.8) is 0 Å². The molecule has 1 saturated carbocycles. The van der Waals surface area contributed by atoms with Gasteiger partial charge in [-0.05, 0) is 31.4 Å². The molecular formula is C21H24FN7O2. The summed E-state index contributed by atoms with van der Waals surface area (Å²) >= 11 is 0. The van der Waals surface area contributed by atoms with Crippen LogP contribution in [0.3, 0.4) is 0 Å². The third-order valence-electron chi connectivity index (χ3n) is 5.17. The first-order chi connectivity index (χ1) is 14.9. The number of hydrogen-bond acceptors (Lipinski definition) is 7. The van der Waals surface area contributed by atoms with E-state index in [9.17, 15) is 14.3 Å². The van der Waals surface area contributed by atoms with Crippen molar-refractivity contribution in [1.82, 2.24) is 24.7 Å². The number of carbonyl (C=O) groups is 1. The third kappa shape index (κ3) is 4.53. The summed E-state index contributed by atoms with van der Waals surface area (Å²) in [5, 5.41) is 20.4. The molecule has 3 aromatic rings. The van der Waals surface area contributed by atoms with Gasteiger partial charge in [0.25, 0.3) is 0 Å². The number of carbonyl (C=O) groups excluding carboxylic acids is 1. The fourth-order valence-electron chi connectivity index (χ4n) is 3.22.